The molecule has 0 spiro atoms. The molecule has 38 heavy (non-hydrogen) atoms. The number of rotatable bonds is 7. The molecule has 3 aromatic heterocycles. The number of thioether (sulfide) groups is 1. The van der Waals surface area contributed by atoms with Gasteiger partial charge in [0.1, 0.15) is 11.6 Å². The number of pyridine rings is 3. The third-order valence-corrected chi connectivity index (χ3v) is 8.56. The smallest absolute Gasteiger partial charge is 0.235 e. The van der Waals surface area contributed by atoms with Gasteiger partial charge in [-0.1, -0.05) is 13.3 Å². The van der Waals surface area contributed by atoms with Crippen LogP contribution < -0.4 is 15.4 Å². The minimum atomic E-state index is -0.266. The summed E-state index contributed by atoms with van der Waals surface area (Å²) in [5.74, 6) is 3.19. The number of amides is 1. The summed E-state index contributed by atoms with van der Waals surface area (Å²) in [7, 11) is 1.57. The zero-order valence-corrected chi connectivity index (χ0v) is 22.8. The van der Waals surface area contributed by atoms with Gasteiger partial charge in [0.15, 0.2) is 0 Å². The van der Waals surface area contributed by atoms with Crippen molar-refractivity contribution in [3.8, 4) is 5.88 Å². The predicted octanol–water partition coefficient (Wildman–Crippen LogP) is 4.29. The Balaban J connectivity index is 0.000000170. The Morgan fingerprint density at radius 3 is 2.76 bits per heavy atom. The molecule has 3 aliphatic rings. The van der Waals surface area contributed by atoms with Crippen molar-refractivity contribution in [2.24, 2.45) is 11.8 Å². The highest BCUT2D eigenvalue weighted by Crippen LogP contribution is 2.37. The summed E-state index contributed by atoms with van der Waals surface area (Å²) < 4.78 is 19.5. The van der Waals surface area contributed by atoms with E-state index >= 15 is 0 Å². The van der Waals surface area contributed by atoms with Crippen molar-refractivity contribution in [2.45, 2.75) is 44.0 Å². The van der Waals surface area contributed by atoms with Gasteiger partial charge < -0.3 is 20.3 Å². The number of nitrogens with zero attached hydrogens (tertiary/aromatic N) is 4. The largest absolute Gasteiger partial charge is 0.481 e. The molecule has 2 aliphatic heterocycles. The van der Waals surface area contributed by atoms with Gasteiger partial charge in [-0.25, -0.2) is 14.4 Å². The first-order valence-electron chi connectivity index (χ1n) is 13.4. The molecule has 1 saturated heterocycles. The first kappa shape index (κ1) is 26.8. The fraction of sp³-hybridized carbons (Fsp3) is 0.500. The van der Waals surface area contributed by atoms with Crippen molar-refractivity contribution in [2.75, 3.05) is 44.4 Å². The van der Waals surface area contributed by atoms with Crippen LogP contribution in [0.25, 0.3) is 11.0 Å². The summed E-state index contributed by atoms with van der Waals surface area (Å²) in [5.41, 5.74) is 2.97. The second-order valence-electron chi connectivity index (χ2n) is 10.0. The van der Waals surface area contributed by atoms with E-state index in [2.05, 4.69) is 37.4 Å². The maximum atomic E-state index is 14.3. The van der Waals surface area contributed by atoms with Crippen molar-refractivity contribution in [1.29, 1.82) is 0 Å². The normalized spacial score (nSPS) is 20.4. The molecule has 2 unspecified atom stereocenters. The number of likely N-dealkylation sites (tertiary alicyclic amines) is 1. The summed E-state index contributed by atoms with van der Waals surface area (Å²) in [6.07, 6.45) is 6.10. The summed E-state index contributed by atoms with van der Waals surface area (Å²) in [6.45, 7) is 6.94. The zero-order valence-electron chi connectivity index (χ0n) is 22.0. The van der Waals surface area contributed by atoms with E-state index in [0.29, 0.717) is 35.0 Å². The predicted molar refractivity (Wildman–Crippen MR) is 148 cm³/mol. The first-order valence-corrected chi connectivity index (χ1v) is 14.4. The Morgan fingerprint density at radius 2 is 2.00 bits per heavy atom. The number of aromatic nitrogens is 3. The molecule has 2 atom stereocenters. The van der Waals surface area contributed by atoms with Gasteiger partial charge in [0, 0.05) is 37.8 Å². The highest BCUT2D eigenvalue weighted by atomic mass is 32.2. The van der Waals surface area contributed by atoms with E-state index in [1.165, 1.54) is 50.3 Å². The molecule has 6 rings (SSSR count). The highest BCUT2D eigenvalue weighted by Gasteiger charge is 2.35. The number of fused-ring (bicyclic) bond motifs is 3. The minimum Gasteiger partial charge on any atom is -0.481 e. The third-order valence-electron chi connectivity index (χ3n) is 7.52. The number of hydrogen-bond donors (Lipinski definition) is 2. The molecule has 2 fully saturated rings. The maximum absolute atomic E-state index is 14.3. The average molecular weight is 539 g/mol. The molecule has 202 valence electrons. The van der Waals surface area contributed by atoms with E-state index in [1.54, 1.807) is 13.2 Å². The Hall–Kier alpha value is -2.82. The lowest BCUT2D eigenvalue weighted by Crippen LogP contribution is -2.24. The summed E-state index contributed by atoms with van der Waals surface area (Å²) in [4.78, 5) is 27.6. The van der Waals surface area contributed by atoms with E-state index in [1.807, 2.05) is 18.2 Å². The lowest BCUT2D eigenvalue weighted by Gasteiger charge is -2.17. The van der Waals surface area contributed by atoms with Crippen molar-refractivity contribution in [3.05, 3.63) is 47.5 Å². The number of nitrogens with one attached hydrogen (secondary N) is 2. The molecule has 1 saturated carbocycles. The molecular formula is C28H35FN6O2S. The lowest BCUT2D eigenvalue weighted by molar-refractivity contribution is -0.113. The lowest BCUT2D eigenvalue weighted by atomic mass is 10.0. The van der Waals surface area contributed by atoms with Crippen LogP contribution in [-0.4, -0.2) is 64.8 Å². The van der Waals surface area contributed by atoms with Gasteiger partial charge in [-0.2, -0.15) is 0 Å². The van der Waals surface area contributed by atoms with Gasteiger partial charge in [-0.15, -0.1) is 11.8 Å². The van der Waals surface area contributed by atoms with Crippen LogP contribution in [0.3, 0.4) is 0 Å². The fourth-order valence-electron chi connectivity index (χ4n) is 5.57. The summed E-state index contributed by atoms with van der Waals surface area (Å²) in [5, 5.41) is 5.98. The number of ether oxygens (including phenoxy) is 1. The van der Waals surface area contributed by atoms with E-state index in [4.69, 9.17) is 4.74 Å². The molecule has 0 bridgehead atoms. The summed E-state index contributed by atoms with van der Waals surface area (Å²) >= 11 is 1.53. The van der Waals surface area contributed by atoms with Crippen LogP contribution in [0.5, 0.6) is 5.88 Å². The highest BCUT2D eigenvalue weighted by molar-refractivity contribution is 8.00. The summed E-state index contributed by atoms with van der Waals surface area (Å²) in [6, 6.07) is 7.61. The van der Waals surface area contributed by atoms with Gasteiger partial charge in [0.05, 0.1) is 40.7 Å². The third kappa shape index (κ3) is 6.24. The first-order chi connectivity index (χ1) is 18.5. The minimum absolute atomic E-state index is 0.0283. The molecule has 2 N–H and O–H groups in total. The number of carbonyl (C=O) groups excluding carboxylic acids is 1. The van der Waals surface area contributed by atoms with Gasteiger partial charge in [-0.05, 0) is 55.8 Å². The molecule has 8 nitrogen and oxygen atoms in total. The monoisotopic (exact) mass is 538 g/mol. The maximum Gasteiger partial charge on any atom is 0.235 e. The second kappa shape index (κ2) is 12.4. The molecule has 1 amide bonds. The Bertz CT molecular complexity index is 1280. The molecule has 5 heterocycles. The van der Waals surface area contributed by atoms with E-state index in [9.17, 15) is 9.18 Å². The quantitative estimate of drug-likeness (QED) is 0.461. The number of methoxy groups -OCH3 is 1. The number of hydrogen-bond acceptors (Lipinski definition) is 8. The number of halogens is 1. The topological polar surface area (TPSA) is 92.3 Å². The van der Waals surface area contributed by atoms with Crippen LogP contribution in [0, 0.1) is 17.7 Å². The van der Waals surface area contributed by atoms with Gasteiger partial charge >= 0.3 is 0 Å². The fourth-order valence-corrected chi connectivity index (χ4v) is 6.33. The standard InChI is InChI=1S/C18H22FN3O.C10H13N3OS/c1-23-17-6-5-16-18(21-17)14(15(19)9-20-16)7-8-22-10-12-3-2-4-13(12)11-22;1-2-11-5-7-3-4-8-10(12-7)13-9(14)6-15-8/h5-6,9,12-13H,2-4,7-8,10-11H2,1H3;3-4,11H,2,5-6H2,1H3,(H,12,13,14). The van der Waals surface area contributed by atoms with Crippen LogP contribution >= 0.6 is 11.8 Å². The number of carbonyl (C=O) groups is 1. The van der Waals surface area contributed by atoms with Crippen molar-refractivity contribution < 1.29 is 13.9 Å². The number of anilines is 1. The van der Waals surface area contributed by atoms with E-state index < -0.39 is 0 Å². The van der Waals surface area contributed by atoms with Crippen LogP contribution in [0.4, 0.5) is 10.2 Å². The molecule has 0 aromatic carbocycles. The molecule has 1 aliphatic carbocycles. The van der Waals surface area contributed by atoms with Crippen molar-refractivity contribution >= 4 is 34.5 Å². The SMILES string of the molecule is CCNCc1ccc2c(n1)NC(=O)CS2.COc1ccc2ncc(F)c(CCN3CC4CCCC4C3)c2n1. The van der Waals surface area contributed by atoms with Crippen LogP contribution in [0.2, 0.25) is 0 Å². The molecule has 0 radical (unpaired) electrons. The van der Waals surface area contributed by atoms with Gasteiger partial charge in [0.2, 0.25) is 11.8 Å². The van der Waals surface area contributed by atoms with Crippen LogP contribution in [-0.2, 0) is 17.8 Å². The molecule has 3 aromatic rings. The van der Waals surface area contributed by atoms with Gasteiger partial charge in [-0.3, -0.25) is 9.78 Å². The Morgan fingerprint density at radius 1 is 1.18 bits per heavy atom. The van der Waals surface area contributed by atoms with Crippen molar-refractivity contribution in [1.82, 2.24) is 25.2 Å². The zero-order chi connectivity index (χ0) is 26.5. The van der Waals surface area contributed by atoms with Crippen LogP contribution in [0.1, 0.15) is 37.4 Å². The molecule has 10 heteroatoms. The Labute approximate surface area is 227 Å². The van der Waals surface area contributed by atoms with E-state index in [0.717, 1.165) is 47.6 Å². The average Bonchev–Trinajstić information content (AvgIpc) is 3.53. The van der Waals surface area contributed by atoms with Gasteiger partial charge in [0.25, 0.3) is 0 Å². The van der Waals surface area contributed by atoms with Crippen LogP contribution in [0.15, 0.2) is 35.4 Å². The van der Waals surface area contributed by atoms with Crippen molar-refractivity contribution in [3.63, 3.8) is 0 Å². The van der Waals surface area contributed by atoms with E-state index in [-0.39, 0.29) is 11.7 Å². The molecular weight excluding hydrogens is 503 g/mol. The second-order valence-corrected chi connectivity index (χ2v) is 11.1. The Kier molecular flexibility index (Phi) is 8.71.